The molecule has 0 aliphatic heterocycles. The third-order valence-electron chi connectivity index (χ3n) is 3.07. The summed E-state index contributed by atoms with van der Waals surface area (Å²) in [5, 5.41) is 3.34. The van der Waals surface area contributed by atoms with E-state index in [0.717, 1.165) is 28.3 Å². The molecular weight excluding hydrogens is 238 g/mol. The minimum atomic E-state index is 0.0594. The van der Waals surface area contributed by atoms with Crippen molar-refractivity contribution in [2.75, 3.05) is 5.32 Å². The number of para-hydroxylation sites is 2. The van der Waals surface area contributed by atoms with Gasteiger partial charge in [-0.05, 0) is 38.1 Å². The van der Waals surface area contributed by atoms with Crippen molar-refractivity contribution in [3.63, 3.8) is 0 Å². The van der Waals surface area contributed by atoms with Gasteiger partial charge in [0.05, 0.1) is 29.0 Å². The molecule has 0 aliphatic rings. The van der Waals surface area contributed by atoms with Gasteiger partial charge in [0, 0.05) is 0 Å². The summed E-state index contributed by atoms with van der Waals surface area (Å²) in [4.78, 5) is 9.16. The number of nitrogens with zero attached hydrogens (tertiary/aromatic N) is 2. The largest absolute Gasteiger partial charge is 0.467 e. The average Bonchev–Trinajstić information content (AvgIpc) is 2.93. The summed E-state index contributed by atoms with van der Waals surface area (Å²) >= 11 is 0. The number of benzene rings is 1. The molecule has 2 aromatic heterocycles. The molecule has 1 unspecified atom stereocenters. The first-order valence-corrected chi connectivity index (χ1v) is 6.27. The molecule has 0 aliphatic carbocycles. The molecule has 0 fully saturated rings. The van der Waals surface area contributed by atoms with Crippen molar-refractivity contribution in [3.8, 4) is 0 Å². The maximum atomic E-state index is 5.38. The highest BCUT2D eigenvalue weighted by molar-refractivity contribution is 5.76. The van der Waals surface area contributed by atoms with E-state index in [-0.39, 0.29) is 6.04 Å². The van der Waals surface area contributed by atoms with Gasteiger partial charge in [-0.1, -0.05) is 12.1 Å². The number of aromatic nitrogens is 2. The Morgan fingerprint density at radius 1 is 1.05 bits per heavy atom. The van der Waals surface area contributed by atoms with Crippen molar-refractivity contribution in [3.05, 3.63) is 54.1 Å². The predicted molar refractivity (Wildman–Crippen MR) is 75.0 cm³/mol. The SMILES string of the molecule is Cc1nc2ccccc2nc1NC(C)c1ccco1. The van der Waals surface area contributed by atoms with Gasteiger partial charge in [-0.2, -0.15) is 0 Å². The average molecular weight is 253 g/mol. The minimum Gasteiger partial charge on any atom is -0.467 e. The zero-order valence-electron chi connectivity index (χ0n) is 10.9. The predicted octanol–water partition coefficient (Wildman–Crippen LogP) is 3.70. The van der Waals surface area contributed by atoms with Crippen LogP contribution in [0.5, 0.6) is 0 Å². The summed E-state index contributed by atoms with van der Waals surface area (Å²) < 4.78 is 5.38. The Balaban J connectivity index is 1.94. The van der Waals surface area contributed by atoms with Crippen molar-refractivity contribution < 1.29 is 4.42 Å². The highest BCUT2D eigenvalue weighted by atomic mass is 16.3. The van der Waals surface area contributed by atoms with Crippen molar-refractivity contribution in [2.45, 2.75) is 19.9 Å². The minimum absolute atomic E-state index is 0.0594. The zero-order chi connectivity index (χ0) is 13.2. The first kappa shape index (κ1) is 11.7. The number of hydrogen-bond acceptors (Lipinski definition) is 4. The first-order chi connectivity index (χ1) is 9.24. The lowest BCUT2D eigenvalue weighted by atomic mass is 10.2. The molecule has 4 nitrogen and oxygen atoms in total. The lowest BCUT2D eigenvalue weighted by molar-refractivity contribution is 0.490. The second-order valence-corrected chi connectivity index (χ2v) is 4.53. The van der Waals surface area contributed by atoms with Crippen LogP contribution in [-0.2, 0) is 0 Å². The third kappa shape index (κ3) is 2.29. The number of hydrogen-bond donors (Lipinski definition) is 1. The fourth-order valence-electron chi connectivity index (χ4n) is 2.04. The van der Waals surface area contributed by atoms with Crippen LogP contribution in [0.2, 0.25) is 0 Å². The molecule has 1 atom stereocenters. The van der Waals surface area contributed by atoms with Gasteiger partial charge in [0.1, 0.15) is 11.6 Å². The second-order valence-electron chi connectivity index (χ2n) is 4.53. The van der Waals surface area contributed by atoms with Crippen molar-refractivity contribution in [1.29, 1.82) is 0 Å². The number of rotatable bonds is 3. The van der Waals surface area contributed by atoms with Crippen LogP contribution in [0.1, 0.15) is 24.4 Å². The van der Waals surface area contributed by atoms with Gasteiger partial charge >= 0.3 is 0 Å². The van der Waals surface area contributed by atoms with Crippen LogP contribution in [0.15, 0.2) is 47.1 Å². The maximum Gasteiger partial charge on any atom is 0.148 e. The number of anilines is 1. The van der Waals surface area contributed by atoms with E-state index >= 15 is 0 Å². The third-order valence-corrected chi connectivity index (χ3v) is 3.07. The normalized spacial score (nSPS) is 12.5. The Labute approximate surface area is 111 Å². The van der Waals surface area contributed by atoms with Crippen LogP contribution in [0.4, 0.5) is 5.82 Å². The summed E-state index contributed by atoms with van der Waals surface area (Å²) in [5.74, 6) is 1.68. The molecule has 4 heteroatoms. The Morgan fingerprint density at radius 2 is 1.79 bits per heavy atom. The molecule has 1 N–H and O–H groups in total. The van der Waals surface area contributed by atoms with Crippen molar-refractivity contribution in [2.24, 2.45) is 0 Å². The van der Waals surface area contributed by atoms with Gasteiger partial charge in [-0.15, -0.1) is 0 Å². The zero-order valence-corrected chi connectivity index (χ0v) is 10.9. The lowest BCUT2D eigenvalue weighted by Crippen LogP contribution is -2.09. The summed E-state index contributed by atoms with van der Waals surface area (Å²) in [6.07, 6.45) is 1.67. The molecule has 0 saturated heterocycles. The van der Waals surface area contributed by atoms with Gasteiger partial charge in [-0.3, -0.25) is 0 Å². The Morgan fingerprint density at radius 3 is 2.47 bits per heavy atom. The van der Waals surface area contributed by atoms with Gasteiger partial charge in [0.15, 0.2) is 0 Å². The van der Waals surface area contributed by atoms with Crippen molar-refractivity contribution >= 4 is 16.9 Å². The molecule has 3 rings (SSSR count). The molecule has 0 saturated carbocycles. The monoisotopic (exact) mass is 253 g/mol. The summed E-state index contributed by atoms with van der Waals surface area (Å²) in [5.41, 5.74) is 2.69. The number of aryl methyl sites for hydroxylation is 1. The van der Waals surface area contributed by atoms with Crippen LogP contribution in [0.3, 0.4) is 0 Å². The molecule has 1 aromatic carbocycles. The van der Waals surface area contributed by atoms with Crippen LogP contribution in [0, 0.1) is 6.92 Å². The van der Waals surface area contributed by atoms with Gasteiger partial charge in [0.2, 0.25) is 0 Å². The fraction of sp³-hybridized carbons (Fsp3) is 0.200. The van der Waals surface area contributed by atoms with E-state index in [1.807, 2.05) is 50.2 Å². The van der Waals surface area contributed by atoms with Crippen LogP contribution >= 0.6 is 0 Å². The molecule has 96 valence electrons. The van der Waals surface area contributed by atoms with Gasteiger partial charge < -0.3 is 9.73 Å². The van der Waals surface area contributed by atoms with Crippen LogP contribution in [0.25, 0.3) is 11.0 Å². The van der Waals surface area contributed by atoms with Crippen molar-refractivity contribution in [1.82, 2.24) is 9.97 Å². The lowest BCUT2D eigenvalue weighted by Gasteiger charge is -2.14. The summed E-state index contributed by atoms with van der Waals surface area (Å²) in [6, 6.07) is 11.7. The number of fused-ring (bicyclic) bond motifs is 1. The first-order valence-electron chi connectivity index (χ1n) is 6.27. The molecule has 0 radical (unpaired) electrons. The standard InChI is InChI=1S/C15H15N3O/c1-10(14-8-5-9-19-14)17-15-11(2)16-12-6-3-4-7-13(12)18-15/h3-10H,1-2H3,(H,17,18). The molecule has 0 bridgehead atoms. The quantitative estimate of drug-likeness (QED) is 0.773. The van der Waals surface area contributed by atoms with E-state index in [1.54, 1.807) is 6.26 Å². The Bertz CT molecular complexity index is 692. The molecule has 3 aromatic rings. The highest BCUT2D eigenvalue weighted by Crippen LogP contribution is 2.22. The maximum absolute atomic E-state index is 5.38. The Hall–Kier alpha value is -2.36. The van der Waals surface area contributed by atoms with E-state index in [0.29, 0.717) is 0 Å². The summed E-state index contributed by atoms with van der Waals surface area (Å²) in [7, 11) is 0. The molecule has 0 amide bonds. The molecule has 0 spiro atoms. The van der Waals surface area contributed by atoms with E-state index in [9.17, 15) is 0 Å². The molecule has 19 heavy (non-hydrogen) atoms. The number of furan rings is 1. The van der Waals surface area contributed by atoms with E-state index in [1.165, 1.54) is 0 Å². The molecule has 2 heterocycles. The van der Waals surface area contributed by atoms with E-state index in [4.69, 9.17) is 4.42 Å². The highest BCUT2D eigenvalue weighted by Gasteiger charge is 2.11. The van der Waals surface area contributed by atoms with E-state index < -0.39 is 0 Å². The summed E-state index contributed by atoms with van der Waals surface area (Å²) in [6.45, 7) is 3.99. The van der Waals surface area contributed by atoms with Crippen LogP contribution < -0.4 is 5.32 Å². The van der Waals surface area contributed by atoms with Gasteiger partial charge in [0.25, 0.3) is 0 Å². The molecular formula is C15H15N3O. The van der Waals surface area contributed by atoms with E-state index in [2.05, 4.69) is 15.3 Å². The number of nitrogens with one attached hydrogen (secondary N) is 1. The topological polar surface area (TPSA) is 51.0 Å². The fourth-order valence-corrected chi connectivity index (χ4v) is 2.04. The smallest absolute Gasteiger partial charge is 0.148 e. The van der Waals surface area contributed by atoms with Gasteiger partial charge in [-0.25, -0.2) is 9.97 Å². The second kappa shape index (κ2) is 4.72. The van der Waals surface area contributed by atoms with Crippen LogP contribution in [-0.4, -0.2) is 9.97 Å². The Kier molecular flexibility index (Phi) is 2.91.